The van der Waals surface area contributed by atoms with Gasteiger partial charge in [0, 0.05) is 12.7 Å². The topological polar surface area (TPSA) is 76.6 Å². The number of ether oxygens (including phenoxy) is 1. The zero-order chi connectivity index (χ0) is 23.5. The number of halogens is 4. The van der Waals surface area contributed by atoms with Crippen molar-refractivity contribution in [3.8, 4) is 0 Å². The fourth-order valence-corrected chi connectivity index (χ4v) is 5.51. The molecule has 1 fully saturated rings. The summed E-state index contributed by atoms with van der Waals surface area (Å²) in [6.45, 7) is 0.0408. The third-order valence-electron chi connectivity index (χ3n) is 5.40. The lowest BCUT2D eigenvalue weighted by Crippen LogP contribution is -2.37. The van der Waals surface area contributed by atoms with Crippen LogP contribution in [0.4, 0.5) is 19.0 Å². The molecule has 0 bridgehead atoms. The van der Waals surface area contributed by atoms with Crippen LogP contribution in [-0.4, -0.2) is 33.0 Å². The van der Waals surface area contributed by atoms with Gasteiger partial charge in [-0.3, -0.25) is 0 Å². The number of sulfonamides is 1. The number of esters is 1. The molecule has 0 N–H and O–H groups in total. The Morgan fingerprint density at radius 2 is 1.81 bits per heavy atom. The number of carbonyl (C=O) groups excluding carboxylic acids is 1. The number of pyridine rings is 1. The Morgan fingerprint density at radius 1 is 1.19 bits per heavy atom. The Labute approximate surface area is 189 Å². The molecule has 0 atom stereocenters. The lowest BCUT2D eigenvalue weighted by Gasteiger charge is -2.30. The van der Waals surface area contributed by atoms with Crippen LogP contribution in [-0.2, 0) is 20.9 Å². The zero-order valence-electron chi connectivity index (χ0n) is 17.2. The van der Waals surface area contributed by atoms with E-state index in [1.807, 2.05) is 0 Å². The smallest absolute Gasteiger partial charge is 0.417 e. The molecule has 1 aliphatic rings. The van der Waals surface area contributed by atoms with Gasteiger partial charge in [0.05, 0.1) is 28.2 Å². The minimum atomic E-state index is -4.66. The van der Waals surface area contributed by atoms with Gasteiger partial charge in [-0.05, 0) is 49.1 Å². The summed E-state index contributed by atoms with van der Waals surface area (Å²) in [6, 6.07) is 5.77. The summed E-state index contributed by atoms with van der Waals surface area (Å²) in [5, 5.41) is -0.412. The van der Waals surface area contributed by atoms with Gasteiger partial charge < -0.3 is 4.74 Å². The van der Waals surface area contributed by atoms with Gasteiger partial charge in [-0.1, -0.05) is 30.9 Å². The predicted molar refractivity (Wildman–Crippen MR) is 113 cm³/mol. The fourth-order valence-electron chi connectivity index (χ4n) is 3.68. The van der Waals surface area contributed by atoms with Gasteiger partial charge in [-0.25, -0.2) is 22.5 Å². The molecule has 0 spiro atoms. The van der Waals surface area contributed by atoms with Crippen LogP contribution >= 0.6 is 11.6 Å². The number of rotatable bonds is 6. The standard InChI is InChI=1S/C21H22ClF3N2O4S/c1-31-20(28)15-7-9-17(10-8-15)32(29,30)27(13-14-5-3-2-4-6-14)19-18(22)11-16(12-26-19)21(23,24)25/h7-12,14H,2-6,13H2,1H3. The second kappa shape index (κ2) is 9.66. The average molecular weight is 491 g/mol. The molecule has 0 unspecified atom stereocenters. The van der Waals surface area contributed by atoms with Crippen LogP contribution in [0.3, 0.4) is 0 Å². The molecule has 3 rings (SSSR count). The Balaban J connectivity index is 2.03. The number of anilines is 1. The van der Waals surface area contributed by atoms with Gasteiger partial charge in [0.15, 0.2) is 5.82 Å². The summed E-state index contributed by atoms with van der Waals surface area (Å²) in [7, 11) is -3.01. The molecular weight excluding hydrogens is 469 g/mol. The highest BCUT2D eigenvalue weighted by Crippen LogP contribution is 2.36. The monoisotopic (exact) mass is 490 g/mol. The van der Waals surface area contributed by atoms with Crippen molar-refractivity contribution in [3.63, 3.8) is 0 Å². The van der Waals surface area contributed by atoms with Gasteiger partial charge in [0.1, 0.15) is 0 Å². The van der Waals surface area contributed by atoms with E-state index in [2.05, 4.69) is 9.72 Å². The van der Waals surface area contributed by atoms with Gasteiger partial charge in [-0.2, -0.15) is 13.2 Å². The maximum Gasteiger partial charge on any atom is 0.417 e. The Bertz CT molecular complexity index is 1070. The molecule has 2 aromatic rings. The molecule has 0 amide bonds. The van der Waals surface area contributed by atoms with E-state index in [9.17, 15) is 26.4 Å². The number of hydrogen-bond acceptors (Lipinski definition) is 5. The van der Waals surface area contributed by atoms with Gasteiger partial charge >= 0.3 is 12.1 Å². The zero-order valence-corrected chi connectivity index (χ0v) is 18.8. The van der Waals surface area contributed by atoms with E-state index in [1.54, 1.807) is 0 Å². The van der Waals surface area contributed by atoms with Crippen molar-refractivity contribution in [2.24, 2.45) is 5.92 Å². The van der Waals surface area contributed by atoms with E-state index in [1.165, 1.54) is 31.4 Å². The first-order valence-corrected chi connectivity index (χ1v) is 11.8. The number of carbonyl (C=O) groups is 1. The molecule has 32 heavy (non-hydrogen) atoms. The first-order valence-electron chi connectivity index (χ1n) is 9.98. The van der Waals surface area contributed by atoms with E-state index in [0.717, 1.165) is 36.4 Å². The maximum absolute atomic E-state index is 13.5. The number of aromatic nitrogens is 1. The van der Waals surface area contributed by atoms with Gasteiger partial charge in [0.25, 0.3) is 10.0 Å². The largest absolute Gasteiger partial charge is 0.465 e. The van der Waals surface area contributed by atoms with Gasteiger partial charge in [-0.15, -0.1) is 0 Å². The van der Waals surface area contributed by atoms with Gasteiger partial charge in [0.2, 0.25) is 0 Å². The van der Waals surface area contributed by atoms with Crippen LogP contribution in [0.5, 0.6) is 0 Å². The van der Waals surface area contributed by atoms with Crippen LogP contribution in [0.2, 0.25) is 5.02 Å². The molecule has 1 saturated carbocycles. The van der Waals surface area contributed by atoms with Crippen molar-refractivity contribution in [2.75, 3.05) is 18.0 Å². The fraction of sp³-hybridized carbons (Fsp3) is 0.429. The molecule has 6 nitrogen and oxygen atoms in total. The molecule has 174 valence electrons. The minimum Gasteiger partial charge on any atom is -0.465 e. The quantitative estimate of drug-likeness (QED) is 0.512. The molecule has 0 radical (unpaired) electrons. The first-order chi connectivity index (χ1) is 15.0. The molecular formula is C21H22ClF3N2O4S. The number of nitrogens with zero attached hydrogens (tertiary/aromatic N) is 2. The highest BCUT2D eigenvalue weighted by Gasteiger charge is 2.35. The molecule has 11 heteroatoms. The number of alkyl halides is 3. The second-order valence-corrected chi connectivity index (χ2v) is 9.85. The van der Waals surface area contributed by atoms with E-state index < -0.39 is 32.8 Å². The van der Waals surface area contributed by atoms with Crippen LogP contribution < -0.4 is 4.31 Å². The summed E-state index contributed by atoms with van der Waals surface area (Å²) in [5.41, 5.74) is -0.903. The minimum absolute atomic E-state index is 0.0213. The average Bonchev–Trinajstić information content (AvgIpc) is 2.77. The van der Waals surface area contributed by atoms with Crippen molar-refractivity contribution >= 4 is 33.4 Å². The second-order valence-electron chi connectivity index (χ2n) is 7.58. The summed E-state index contributed by atoms with van der Waals surface area (Å²) < 4.78 is 71.7. The van der Waals surface area contributed by atoms with Crippen LogP contribution in [0, 0.1) is 5.92 Å². The highest BCUT2D eigenvalue weighted by atomic mass is 35.5. The SMILES string of the molecule is COC(=O)c1ccc(S(=O)(=O)N(CC2CCCCC2)c2ncc(C(F)(F)F)cc2Cl)cc1. The number of methoxy groups -OCH3 is 1. The molecule has 0 aliphatic heterocycles. The summed E-state index contributed by atoms with van der Waals surface area (Å²) in [6.07, 6.45) is 0.451. The van der Waals surface area contributed by atoms with E-state index in [-0.39, 0.29) is 28.7 Å². The molecule has 1 heterocycles. The lowest BCUT2D eigenvalue weighted by atomic mass is 9.89. The third kappa shape index (κ3) is 5.35. The van der Waals surface area contributed by atoms with Crippen LogP contribution in [0.1, 0.15) is 48.0 Å². The first kappa shape index (κ1) is 24.3. The number of hydrogen-bond donors (Lipinski definition) is 0. The van der Waals surface area contributed by atoms with Crippen molar-refractivity contribution in [3.05, 3.63) is 52.7 Å². The molecule has 1 aromatic carbocycles. The third-order valence-corrected chi connectivity index (χ3v) is 7.45. The maximum atomic E-state index is 13.5. The molecule has 1 aromatic heterocycles. The normalized spacial score (nSPS) is 15.4. The number of benzene rings is 1. The van der Waals surface area contributed by atoms with E-state index >= 15 is 0 Å². The predicted octanol–water partition coefficient (Wildman–Crippen LogP) is 5.32. The Hall–Kier alpha value is -2.33. The van der Waals surface area contributed by atoms with Crippen molar-refractivity contribution in [2.45, 2.75) is 43.2 Å². The summed E-state index contributed by atoms with van der Waals surface area (Å²) in [5.74, 6) is -0.865. The molecule has 0 saturated heterocycles. The van der Waals surface area contributed by atoms with Crippen LogP contribution in [0.15, 0.2) is 41.4 Å². The van der Waals surface area contributed by atoms with Crippen molar-refractivity contribution < 1.29 is 31.1 Å². The van der Waals surface area contributed by atoms with Crippen molar-refractivity contribution in [1.82, 2.24) is 4.98 Å². The Morgan fingerprint density at radius 3 is 2.34 bits per heavy atom. The molecule has 1 aliphatic carbocycles. The lowest BCUT2D eigenvalue weighted by molar-refractivity contribution is -0.137. The highest BCUT2D eigenvalue weighted by molar-refractivity contribution is 7.92. The summed E-state index contributed by atoms with van der Waals surface area (Å²) in [4.78, 5) is 15.3. The van der Waals surface area contributed by atoms with Crippen molar-refractivity contribution in [1.29, 1.82) is 0 Å². The van der Waals surface area contributed by atoms with Crippen LogP contribution in [0.25, 0.3) is 0 Å². The van der Waals surface area contributed by atoms with E-state index in [4.69, 9.17) is 11.6 Å². The Kier molecular flexibility index (Phi) is 7.34. The summed E-state index contributed by atoms with van der Waals surface area (Å²) >= 11 is 6.10. The van der Waals surface area contributed by atoms with E-state index in [0.29, 0.717) is 12.3 Å².